The van der Waals surface area contributed by atoms with E-state index in [0.717, 1.165) is 29.3 Å². The number of imidazole rings is 1. The molecule has 1 N–H and O–H groups in total. The van der Waals surface area contributed by atoms with Crippen molar-refractivity contribution in [3.8, 4) is 17.0 Å². The number of nitrogens with zero attached hydrogens (tertiary/aromatic N) is 5. The van der Waals surface area contributed by atoms with Crippen LogP contribution >= 0.6 is 0 Å². The molecule has 4 heterocycles. The van der Waals surface area contributed by atoms with Crippen LogP contribution in [0.1, 0.15) is 52.4 Å². The monoisotopic (exact) mass is 472 g/mol. The fraction of sp³-hybridized carbons (Fsp3) is 0.308. The molecule has 2 aromatic heterocycles. The number of nitrogens with one attached hydrogen (secondary N) is 1. The van der Waals surface area contributed by atoms with E-state index in [2.05, 4.69) is 17.3 Å². The van der Waals surface area contributed by atoms with Crippen molar-refractivity contribution in [1.29, 1.82) is 0 Å². The number of benzene rings is 1. The molecule has 2 aliphatic rings. The minimum absolute atomic E-state index is 0.131. The quantitative estimate of drug-likeness (QED) is 0.614. The van der Waals surface area contributed by atoms with E-state index in [0.29, 0.717) is 30.8 Å². The van der Waals surface area contributed by atoms with Crippen LogP contribution < -0.4 is 10.1 Å². The summed E-state index contributed by atoms with van der Waals surface area (Å²) < 4.78 is 8.79. The number of ether oxygens (including phenoxy) is 1. The number of hydrogen-bond donors (Lipinski definition) is 1. The molecule has 1 saturated heterocycles. The summed E-state index contributed by atoms with van der Waals surface area (Å²) in [4.78, 5) is 32.5. The molecule has 9 nitrogen and oxygen atoms in total. The van der Waals surface area contributed by atoms with Crippen LogP contribution in [-0.4, -0.2) is 56.2 Å². The van der Waals surface area contributed by atoms with Crippen molar-refractivity contribution in [2.45, 2.75) is 25.7 Å². The Morgan fingerprint density at radius 2 is 2.06 bits per heavy atom. The Kier molecular flexibility index (Phi) is 5.98. The van der Waals surface area contributed by atoms with Crippen LogP contribution in [0, 0.1) is 0 Å². The number of amides is 2. The zero-order valence-electron chi connectivity index (χ0n) is 20.1. The second-order valence-electron chi connectivity index (χ2n) is 8.87. The molecule has 2 aliphatic heterocycles. The van der Waals surface area contributed by atoms with E-state index in [1.807, 2.05) is 53.4 Å². The molecule has 0 spiro atoms. The van der Waals surface area contributed by atoms with E-state index in [9.17, 15) is 9.59 Å². The van der Waals surface area contributed by atoms with Crippen molar-refractivity contribution in [1.82, 2.24) is 29.5 Å². The highest BCUT2D eigenvalue weighted by Gasteiger charge is 2.29. The largest absolute Gasteiger partial charge is 0.497 e. The molecule has 1 atom stereocenters. The van der Waals surface area contributed by atoms with E-state index in [4.69, 9.17) is 9.72 Å². The molecular formula is C26H28N6O3. The maximum Gasteiger partial charge on any atom is 0.274 e. The van der Waals surface area contributed by atoms with Gasteiger partial charge in [-0.1, -0.05) is 25.1 Å². The van der Waals surface area contributed by atoms with Gasteiger partial charge in [0, 0.05) is 49.7 Å². The molecule has 0 saturated carbocycles. The molecule has 0 aliphatic carbocycles. The first-order chi connectivity index (χ1) is 16.9. The summed E-state index contributed by atoms with van der Waals surface area (Å²) in [6.45, 7) is 3.53. The second-order valence-corrected chi connectivity index (χ2v) is 8.87. The van der Waals surface area contributed by atoms with Crippen LogP contribution in [0.15, 0.2) is 54.5 Å². The zero-order valence-corrected chi connectivity index (χ0v) is 20.1. The van der Waals surface area contributed by atoms with Crippen LogP contribution in [-0.2, 0) is 7.05 Å². The Morgan fingerprint density at radius 1 is 1.23 bits per heavy atom. The highest BCUT2D eigenvalue weighted by atomic mass is 16.5. The van der Waals surface area contributed by atoms with E-state index in [1.54, 1.807) is 19.1 Å². The summed E-state index contributed by atoms with van der Waals surface area (Å²) in [5.41, 5.74) is 3.07. The fourth-order valence-corrected chi connectivity index (χ4v) is 4.29. The highest BCUT2D eigenvalue weighted by molar-refractivity contribution is 6.06. The number of carbonyl (C=O) groups excluding carboxylic acids is 2. The number of aryl methyl sites for hydroxylation is 1. The molecule has 1 aromatic carbocycles. The Labute approximate surface area is 203 Å². The number of likely N-dealkylation sites (tertiary alicyclic amines) is 1. The topological polar surface area (TPSA) is 94.3 Å². The van der Waals surface area contributed by atoms with Crippen molar-refractivity contribution in [2.75, 3.05) is 20.2 Å². The van der Waals surface area contributed by atoms with Crippen molar-refractivity contribution < 1.29 is 14.3 Å². The fourth-order valence-electron chi connectivity index (χ4n) is 4.29. The lowest BCUT2D eigenvalue weighted by molar-refractivity contribution is 0.0647. The molecule has 180 valence electrons. The minimum Gasteiger partial charge on any atom is -0.497 e. The normalized spacial score (nSPS) is 19.5. The van der Waals surface area contributed by atoms with Crippen LogP contribution in [0.2, 0.25) is 0 Å². The number of hydrogen-bond acceptors (Lipinski definition) is 5. The first-order valence-corrected chi connectivity index (χ1v) is 11.7. The summed E-state index contributed by atoms with van der Waals surface area (Å²) in [5, 5.41) is 7.12. The van der Waals surface area contributed by atoms with Gasteiger partial charge in [0.05, 0.1) is 24.6 Å². The number of aromatic nitrogens is 4. The maximum atomic E-state index is 13.2. The van der Waals surface area contributed by atoms with E-state index >= 15 is 0 Å². The van der Waals surface area contributed by atoms with Crippen molar-refractivity contribution in [3.05, 3.63) is 71.6 Å². The third-order valence-corrected chi connectivity index (χ3v) is 6.46. The summed E-state index contributed by atoms with van der Waals surface area (Å²) in [6, 6.07) is 7.81. The number of allylic oxidation sites excluding steroid dienone is 2. The predicted molar refractivity (Wildman–Crippen MR) is 132 cm³/mol. The average molecular weight is 473 g/mol. The number of carbonyl (C=O) groups is 2. The molecule has 9 heteroatoms. The molecule has 0 bridgehead atoms. The van der Waals surface area contributed by atoms with E-state index < -0.39 is 0 Å². The Balaban J connectivity index is 1.38. The van der Waals surface area contributed by atoms with Crippen LogP contribution in [0.3, 0.4) is 0 Å². The minimum atomic E-state index is -0.360. The van der Waals surface area contributed by atoms with Gasteiger partial charge in [-0.3, -0.25) is 14.3 Å². The Bertz CT molecular complexity index is 1340. The van der Waals surface area contributed by atoms with Crippen molar-refractivity contribution >= 4 is 18.0 Å². The molecule has 2 amide bonds. The predicted octanol–water partition coefficient (Wildman–Crippen LogP) is 3.43. The molecular weight excluding hydrogens is 444 g/mol. The van der Waals surface area contributed by atoms with Gasteiger partial charge in [0.25, 0.3) is 11.8 Å². The molecule has 1 fully saturated rings. The van der Waals surface area contributed by atoms with Crippen molar-refractivity contribution in [3.63, 3.8) is 0 Å². The second kappa shape index (κ2) is 9.25. The third-order valence-electron chi connectivity index (χ3n) is 6.46. The van der Waals surface area contributed by atoms with Gasteiger partial charge in [-0.25, -0.2) is 4.98 Å². The highest BCUT2D eigenvalue weighted by Crippen LogP contribution is 2.28. The van der Waals surface area contributed by atoms with Gasteiger partial charge in [-0.2, -0.15) is 5.10 Å². The molecule has 3 aromatic rings. The average Bonchev–Trinajstić information content (AvgIpc) is 3.42. The molecule has 5 rings (SSSR count). The molecule has 1 unspecified atom stereocenters. The van der Waals surface area contributed by atoms with Gasteiger partial charge in [-0.15, -0.1) is 0 Å². The lowest BCUT2D eigenvalue weighted by atomic mass is 10.1. The number of fused-ring (bicyclic) bond motifs is 1. The van der Waals surface area contributed by atoms with Crippen molar-refractivity contribution in [2.24, 2.45) is 7.05 Å². The summed E-state index contributed by atoms with van der Waals surface area (Å²) >= 11 is 0. The molecule has 0 radical (unpaired) electrons. The third kappa shape index (κ3) is 4.37. The summed E-state index contributed by atoms with van der Waals surface area (Å²) in [5.74, 6) is 1.33. The number of rotatable bonds is 5. The maximum absolute atomic E-state index is 13.2. The number of methoxy groups -OCH3 is 1. The lowest BCUT2D eigenvalue weighted by Gasteiger charge is -2.30. The van der Waals surface area contributed by atoms with Gasteiger partial charge in [0.1, 0.15) is 17.3 Å². The Morgan fingerprint density at radius 3 is 2.80 bits per heavy atom. The van der Waals surface area contributed by atoms with E-state index in [-0.39, 0.29) is 23.4 Å². The SMILES string of the molecule is COc1cccc(-c2cn3c(n2)C(C)C/C=C(NC(=O)c2c(C(=O)N4CCC4)cnn2C)/C=C\3)c1. The zero-order chi connectivity index (χ0) is 24.5. The lowest BCUT2D eigenvalue weighted by Crippen LogP contribution is -2.42. The smallest absolute Gasteiger partial charge is 0.274 e. The van der Waals surface area contributed by atoms with Crippen LogP contribution in [0.25, 0.3) is 17.5 Å². The Hall–Kier alpha value is -4.14. The van der Waals surface area contributed by atoms with Gasteiger partial charge >= 0.3 is 0 Å². The van der Waals surface area contributed by atoms with E-state index in [1.165, 1.54) is 10.9 Å². The first-order valence-electron chi connectivity index (χ1n) is 11.7. The molecule has 35 heavy (non-hydrogen) atoms. The van der Waals surface area contributed by atoms with Crippen LogP contribution in [0.4, 0.5) is 0 Å². The first kappa shape index (κ1) is 22.6. The summed E-state index contributed by atoms with van der Waals surface area (Å²) in [6.07, 6.45) is 10.8. The standard InChI is InChI=1S/C26H28N6O3/c1-17-8-9-19(28-25(33)23-21(15-27-30(23)2)26(34)31-11-5-12-31)10-13-32-16-22(29-24(17)32)18-6-4-7-20(14-18)35-3/h4,6-7,9-10,13-17H,5,8,11-12H2,1-3H3,(H,28,33)/b13-10-,19-9-. The summed E-state index contributed by atoms with van der Waals surface area (Å²) in [7, 11) is 3.32. The van der Waals surface area contributed by atoms with Gasteiger partial charge in [0.2, 0.25) is 0 Å². The van der Waals surface area contributed by atoms with Gasteiger partial charge in [0.15, 0.2) is 0 Å². The van der Waals surface area contributed by atoms with Gasteiger partial charge < -0.3 is 19.5 Å². The van der Waals surface area contributed by atoms with Gasteiger partial charge in [-0.05, 0) is 31.1 Å². The van der Waals surface area contributed by atoms with Crippen LogP contribution in [0.5, 0.6) is 5.75 Å².